The molecule has 4 heteroatoms. The SMILES string of the molecule is CCCCc1cc2c(-c3ccccc3)c(-c3ccccc3)ccc2[cH-]1.CCCCc1cc2c(-c3ccccc3)c(-c3ccccc3)ccc2[cH-]1.C[Si]C.[Cl][Zr+2][Cl]. The van der Waals surface area contributed by atoms with Crippen molar-refractivity contribution < 1.29 is 20.8 Å². The Morgan fingerprint density at radius 2 is 0.768 bits per heavy atom. The van der Waals surface area contributed by atoms with Gasteiger partial charge in [-0.15, -0.1) is 56.9 Å². The molecule has 0 aliphatic rings. The van der Waals surface area contributed by atoms with Gasteiger partial charge in [0.25, 0.3) is 0 Å². The van der Waals surface area contributed by atoms with Gasteiger partial charge >= 0.3 is 37.9 Å². The molecule has 282 valence electrons. The zero-order valence-electron chi connectivity index (χ0n) is 33.2. The first-order valence-corrected chi connectivity index (χ1v) is 28.1. The monoisotopic (exact) mass is 864 g/mol. The van der Waals surface area contributed by atoms with Crippen molar-refractivity contribution in [3.05, 3.63) is 181 Å². The molecule has 0 saturated heterocycles. The quantitative estimate of drug-likeness (QED) is 0.0949. The van der Waals surface area contributed by atoms with Crippen molar-refractivity contribution in [3.8, 4) is 44.5 Å². The minimum atomic E-state index is -0.826. The van der Waals surface area contributed by atoms with Gasteiger partial charge < -0.3 is 0 Å². The standard InChI is InChI=1S/2C25H23.C2H6Si.2ClH.Zr/c2*1-2-3-10-19-17-22-15-16-23(20-11-6-4-7-12-20)25(24(22)18-19)21-13-8-5-9-14-21;1-3-2;;;/h2*4-9,11-18H,2-3,10H2,1H3;1-2H3;2*1H;/q2*-1;;;;+4/p-2. The van der Waals surface area contributed by atoms with Gasteiger partial charge in [0.15, 0.2) is 0 Å². The molecule has 0 N–H and O–H groups in total. The third-order valence-electron chi connectivity index (χ3n) is 9.83. The molecule has 0 saturated carbocycles. The Hall–Kier alpha value is -3.78. The Balaban J connectivity index is 0.000000188. The molecule has 0 spiro atoms. The van der Waals surface area contributed by atoms with Crippen LogP contribution in [-0.2, 0) is 33.7 Å². The van der Waals surface area contributed by atoms with E-state index in [9.17, 15) is 0 Å². The number of halogens is 2. The van der Waals surface area contributed by atoms with Crippen molar-refractivity contribution in [3.63, 3.8) is 0 Å². The van der Waals surface area contributed by atoms with Gasteiger partial charge in [-0.1, -0.05) is 197 Å². The van der Waals surface area contributed by atoms with Crippen molar-refractivity contribution in [1.82, 2.24) is 0 Å². The Morgan fingerprint density at radius 1 is 0.464 bits per heavy atom. The van der Waals surface area contributed by atoms with Crippen molar-refractivity contribution in [2.24, 2.45) is 0 Å². The summed E-state index contributed by atoms with van der Waals surface area (Å²) in [5.74, 6) is 0. The topological polar surface area (TPSA) is 0 Å². The van der Waals surface area contributed by atoms with E-state index in [1.165, 1.54) is 116 Å². The number of hydrogen-bond donors (Lipinski definition) is 0. The Kier molecular flexibility index (Phi) is 18.2. The summed E-state index contributed by atoms with van der Waals surface area (Å²) >= 11 is -0.826. The van der Waals surface area contributed by atoms with Crippen LogP contribution in [0.25, 0.3) is 66.1 Å². The van der Waals surface area contributed by atoms with Crippen LogP contribution in [0.1, 0.15) is 50.7 Å². The van der Waals surface area contributed by atoms with Crippen molar-refractivity contribution in [1.29, 1.82) is 0 Å². The summed E-state index contributed by atoms with van der Waals surface area (Å²) in [5.41, 5.74) is 13.4. The average Bonchev–Trinajstić information content (AvgIpc) is 3.87. The third-order valence-corrected chi connectivity index (χ3v) is 9.83. The number of hydrogen-bond acceptors (Lipinski definition) is 0. The summed E-state index contributed by atoms with van der Waals surface area (Å²) in [6.45, 7) is 8.82. The second-order valence-electron chi connectivity index (χ2n) is 14.0. The number of aryl methyl sites for hydroxylation is 2. The van der Waals surface area contributed by atoms with E-state index in [-0.39, 0.29) is 0 Å². The molecule has 2 radical (unpaired) electrons. The number of unbranched alkanes of at least 4 members (excludes halogenated alkanes) is 2. The van der Waals surface area contributed by atoms with E-state index in [0.717, 1.165) is 9.52 Å². The summed E-state index contributed by atoms with van der Waals surface area (Å²) < 4.78 is 0. The molecule has 0 fully saturated rings. The number of rotatable bonds is 10. The van der Waals surface area contributed by atoms with E-state index in [1.807, 2.05) is 0 Å². The Morgan fingerprint density at radius 3 is 1.07 bits per heavy atom. The van der Waals surface area contributed by atoms with Crippen LogP contribution in [0.2, 0.25) is 13.1 Å². The number of fused-ring (bicyclic) bond motifs is 2. The normalized spacial score (nSPS) is 10.4. The summed E-state index contributed by atoms with van der Waals surface area (Å²) in [6, 6.07) is 61.7. The molecule has 8 aromatic rings. The predicted molar refractivity (Wildman–Crippen MR) is 247 cm³/mol. The minimum absolute atomic E-state index is 0.826. The van der Waals surface area contributed by atoms with Gasteiger partial charge in [0.05, 0.1) is 0 Å². The molecule has 8 rings (SSSR count). The predicted octanol–water partition coefficient (Wildman–Crippen LogP) is 16.6. The molecule has 0 amide bonds. The van der Waals surface area contributed by atoms with Crippen LogP contribution in [0.15, 0.2) is 170 Å². The fourth-order valence-electron chi connectivity index (χ4n) is 7.29. The van der Waals surface area contributed by atoms with Crippen molar-refractivity contribution >= 4 is 48.1 Å². The van der Waals surface area contributed by atoms with Gasteiger partial charge in [0.2, 0.25) is 0 Å². The first-order chi connectivity index (χ1) is 27.6. The van der Waals surface area contributed by atoms with E-state index in [0.29, 0.717) is 0 Å². The van der Waals surface area contributed by atoms with Gasteiger partial charge in [0.1, 0.15) is 0 Å². The molecule has 0 bridgehead atoms. The molecule has 0 aromatic heterocycles. The zero-order valence-corrected chi connectivity index (χ0v) is 38.1. The van der Waals surface area contributed by atoms with Crippen LogP contribution in [0, 0.1) is 0 Å². The van der Waals surface area contributed by atoms with Crippen LogP contribution in [0.4, 0.5) is 0 Å². The van der Waals surface area contributed by atoms with Gasteiger partial charge in [0, 0.05) is 9.52 Å². The summed E-state index contributed by atoms with van der Waals surface area (Å²) in [5, 5.41) is 5.45. The van der Waals surface area contributed by atoms with Gasteiger partial charge in [-0.25, -0.2) is 0 Å². The van der Waals surface area contributed by atoms with Gasteiger partial charge in [-0.05, 0) is 46.2 Å². The first-order valence-electron chi connectivity index (χ1n) is 19.8. The van der Waals surface area contributed by atoms with Crippen LogP contribution in [0.5, 0.6) is 0 Å². The molecule has 8 aromatic carbocycles. The first kappa shape index (κ1) is 43.3. The van der Waals surface area contributed by atoms with Crippen LogP contribution in [0.3, 0.4) is 0 Å². The fraction of sp³-hybridized carbons (Fsp3) is 0.192. The average molecular weight is 867 g/mol. The molecule has 0 aliphatic heterocycles. The van der Waals surface area contributed by atoms with Crippen LogP contribution >= 0.6 is 17.0 Å². The van der Waals surface area contributed by atoms with Crippen molar-refractivity contribution in [2.45, 2.75) is 65.5 Å². The van der Waals surface area contributed by atoms with Gasteiger partial charge in [-0.3, -0.25) is 0 Å². The molecule has 0 unspecified atom stereocenters. The van der Waals surface area contributed by atoms with Crippen LogP contribution < -0.4 is 0 Å². The van der Waals surface area contributed by atoms with Crippen molar-refractivity contribution in [2.75, 3.05) is 0 Å². The maximum absolute atomic E-state index is 4.93. The summed E-state index contributed by atoms with van der Waals surface area (Å²) in [7, 11) is 11.0. The second-order valence-corrected chi connectivity index (χ2v) is 18.7. The zero-order chi connectivity index (χ0) is 39.5. The number of benzene rings is 6. The molecule has 0 atom stereocenters. The second kappa shape index (κ2) is 23.5. The molecular formula is C52H52Cl2SiZr. The molecular weight excluding hydrogens is 815 g/mol. The maximum atomic E-state index is 4.93. The van der Waals surface area contributed by atoms with Crippen LogP contribution in [-0.4, -0.2) is 9.52 Å². The summed E-state index contributed by atoms with van der Waals surface area (Å²) in [4.78, 5) is 0. The van der Waals surface area contributed by atoms with E-state index in [1.54, 1.807) is 0 Å². The van der Waals surface area contributed by atoms with E-state index in [2.05, 4.69) is 197 Å². The van der Waals surface area contributed by atoms with Gasteiger partial charge in [-0.2, -0.15) is 12.1 Å². The molecule has 0 aliphatic carbocycles. The Bertz CT molecular complexity index is 2140. The fourth-order valence-corrected chi connectivity index (χ4v) is 7.29. The molecule has 56 heavy (non-hydrogen) atoms. The van der Waals surface area contributed by atoms with E-state index >= 15 is 0 Å². The Labute approximate surface area is 357 Å². The third kappa shape index (κ3) is 11.6. The molecule has 0 heterocycles. The molecule has 0 nitrogen and oxygen atoms in total. The summed E-state index contributed by atoms with van der Waals surface area (Å²) in [6.07, 6.45) is 7.32. The van der Waals surface area contributed by atoms with E-state index < -0.39 is 20.8 Å². The van der Waals surface area contributed by atoms with E-state index in [4.69, 9.17) is 17.0 Å².